The minimum absolute atomic E-state index is 0.266. The molecule has 0 bridgehead atoms. The van der Waals surface area contributed by atoms with E-state index in [1.165, 1.54) is 5.56 Å². The van der Waals surface area contributed by atoms with Crippen molar-refractivity contribution < 1.29 is 4.74 Å². The van der Waals surface area contributed by atoms with Gasteiger partial charge in [0, 0.05) is 25.6 Å². The summed E-state index contributed by atoms with van der Waals surface area (Å²) >= 11 is 0. The summed E-state index contributed by atoms with van der Waals surface area (Å²) in [6.07, 6.45) is 2.20. The van der Waals surface area contributed by atoms with E-state index in [0.29, 0.717) is 0 Å². The van der Waals surface area contributed by atoms with E-state index in [1.54, 1.807) is 0 Å². The van der Waals surface area contributed by atoms with Gasteiger partial charge in [-0.25, -0.2) is 0 Å². The van der Waals surface area contributed by atoms with Crippen LogP contribution in [0.15, 0.2) is 35.3 Å². The molecule has 0 saturated carbocycles. The third kappa shape index (κ3) is 4.53. The summed E-state index contributed by atoms with van der Waals surface area (Å²) in [5.74, 6) is 0.881. The van der Waals surface area contributed by atoms with Crippen molar-refractivity contribution in [3.8, 4) is 0 Å². The second-order valence-electron chi connectivity index (χ2n) is 5.75. The quantitative estimate of drug-likeness (QED) is 0.473. The lowest BCUT2D eigenvalue weighted by Gasteiger charge is -2.38. The number of aliphatic imine (C=N–C) groups is 1. The third-order valence-corrected chi connectivity index (χ3v) is 3.58. The van der Waals surface area contributed by atoms with Gasteiger partial charge in [0.2, 0.25) is 0 Å². The Balaban J connectivity index is 1.61. The fourth-order valence-electron chi connectivity index (χ4n) is 2.21. The van der Waals surface area contributed by atoms with Gasteiger partial charge in [0.1, 0.15) is 0 Å². The highest BCUT2D eigenvalue weighted by atomic mass is 16.5. The van der Waals surface area contributed by atoms with Crippen LogP contribution in [-0.2, 0) is 11.2 Å². The number of rotatable bonds is 6. The van der Waals surface area contributed by atoms with Crippen LogP contribution < -0.4 is 10.6 Å². The molecule has 0 aromatic heterocycles. The molecule has 1 aromatic rings. The van der Waals surface area contributed by atoms with Gasteiger partial charge in [0.25, 0.3) is 0 Å². The summed E-state index contributed by atoms with van der Waals surface area (Å²) in [5, 5.41) is 6.73. The van der Waals surface area contributed by atoms with Crippen molar-refractivity contribution in [2.24, 2.45) is 10.4 Å². The maximum atomic E-state index is 5.25. The van der Waals surface area contributed by atoms with Crippen LogP contribution >= 0.6 is 0 Å². The lowest BCUT2D eigenvalue weighted by Crippen LogP contribution is -2.51. The first kappa shape index (κ1) is 14.9. The van der Waals surface area contributed by atoms with Gasteiger partial charge in [-0.1, -0.05) is 37.3 Å². The average molecular weight is 275 g/mol. The van der Waals surface area contributed by atoms with Gasteiger partial charge >= 0.3 is 0 Å². The maximum absolute atomic E-state index is 5.25. The molecule has 2 rings (SSSR count). The SMILES string of the molecule is CN=C(NCCCc1ccccc1)NCC1(C)COC1. The molecule has 1 aromatic carbocycles. The molecule has 1 saturated heterocycles. The number of benzene rings is 1. The molecule has 110 valence electrons. The van der Waals surface area contributed by atoms with Crippen LogP contribution in [-0.4, -0.2) is 39.3 Å². The monoisotopic (exact) mass is 275 g/mol. The van der Waals surface area contributed by atoms with E-state index in [1.807, 2.05) is 7.05 Å². The van der Waals surface area contributed by atoms with E-state index < -0.39 is 0 Å². The molecule has 1 heterocycles. The predicted molar refractivity (Wildman–Crippen MR) is 83.1 cm³/mol. The number of hydrogen-bond acceptors (Lipinski definition) is 2. The largest absolute Gasteiger partial charge is 0.380 e. The second-order valence-corrected chi connectivity index (χ2v) is 5.75. The van der Waals surface area contributed by atoms with Crippen LogP contribution in [0.5, 0.6) is 0 Å². The van der Waals surface area contributed by atoms with E-state index in [0.717, 1.165) is 45.1 Å². The Bertz CT molecular complexity index is 427. The van der Waals surface area contributed by atoms with Crippen LogP contribution in [0, 0.1) is 5.41 Å². The number of nitrogens with one attached hydrogen (secondary N) is 2. The fraction of sp³-hybridized carbons (Fsp3) is 0.562. The lowest BCUT2D eigenvalue weighted by molar-refractivity contribution is -0.0971. The number of nitrogens with zero attached hydrogens (tertiary/aromatic N) is 1. The highest BCUT2D eigenvalue weighted by Gasteiger charge is 2.33. The van der Waals surface area contributed by atoms with Crippen molar-refractivity contribution >= 4 is 5.96 Å². The topological polar surface area (TPSA) is 45.7 Å². The van der Waals surface area contributed by atoms with Crippen molar-refractivity contribution in [1.82, 2.24) is 10.6 Å². The number of hydrogen-bond donors (Lipinski definition) is 2. The number of aryl methyl sites for hydroxylation is 1. The molecular formula is C16H25N3O. The normalized spacial score (nSPS) is 17.4. The van der Waals surface area contributed by atoms with E-state index >= 15 is 0 Å². The molecule has 0 radical (unpaired) electrons. The van der Waals surface area contributed by atoms with Gasteiger partial charge in [0.15, 0.2) is 5.96 Å². The minimum Gasteiger partial charge on any atom is -0.380 e. The van der Waals surface area contributed by atoms with Crippen LogP contribution in [0.3, 0.4) is 0 Å². The summed E-state index contributed by atoms with van der Waals surface area (Å²) in [5.41, 5.74) is 1.65. The zero-order chi connectivity index (χ0) is 14.3. The first-order valence-corrected chi connectivity index (χ1v) is 7.28. The predicted octanol–water partition coefficient (Wildman–Crippen LogP) is 1.82. The summed E-state index contributed by atoms with van der Waals surface area (Å²) in [4.78, 5) is 4.25. The van der Waals surface area contributed by atoms with E-state index in [2.05, 4.69) is 52.9 Å². The Hall–Kier alpha value is -1.55. The van der Waals surface area contributed by atoms with Crippen molar-refractivity contribution in [1.29, 1.82) is 0 Å². The molecule has 0 atom stereocenters. The standard InChI is InChI=1S/C16H25N3O/c1-16(12-20-13-16)11-19-15(17-2)18-10-6-9-14-7-4-3-5-8-14/h3-5,7-8H,6,9-13H2,1-2H3,(H2,17,18,19). The van der Waals surface area contributed by atoms with Crippen LogP contribution in [0.4, 0.5) is 0 Å². The zero-order valence-electron chi connectivity index (χ0n) is 12.5. The van der Waals surface area contributed by atoms with Gasteiger partial charge in [0.05, 0.1) is 13.2 Å². The molecule has 4 heteroatoms. The average Bonchev–Trinajstić information content (AvgIpc) is 2.45. The second kappa shape index (κ2) is 7.29. The zero-order valence-corrected chi connectivity index (χ0v) is 12.5. The lowest BCUT2D eigenvalue weighted by atomic mass is 9.89. The molecule has 1 aliphatic rings. The fourth-order valence-corrected chi connectivity index (χ4v) is 2.21. The molecule has 1 aliphatic heterocycles. The maximum Gasteiger partial charge on any atom is 0.190 e. The molecule has 1 fully saturated rings. The molecular weight excluding hydrogens is 250 g/mol. The molecule has 4 nitrogen and oxygen atoms in total. The van der Waals surface area contributed by atoms with Gasteiger partial charge in [-0.15, -0.1) is 0 Å². The first-order valence-electron chi connectivity index (χ1n) is 7.28. The van der Waals surface area contributed by atoms with E-state index in [-0.39, 0.29) is 5.41 Å². The van der Waals surface area contributed by atoms with Crippen molar-refractivity contribution in [3.05, 3.63) is 35.9 Å². The molecule has 0 unspecified atom stereocenters. The highest BCUT2D eigenvalue weighted by molar-refractivity contribution is 5.79. The van der Waals surface area contributed by atoms with Crippen LogP contribution in [0.2, 0.25) is 0 Å². The van der Waals surface area contributed by atoms with Crippen molar-refractivity contribution in [3.63, 3.8) is 0 Å². The minimum atomic E-state index is 0.266. The molecule has 0 aliphatic carbocycles. The van der Waals surface area contributed by atoms with Crippen molar-refractivity contribution in [2.75, 3.05) is 33.4 Å². The summed E-state index contributed by atoms with van der Waals surface area (Å²) in [6, 6.07) is 10.6. The summed E-state index contributed by atoms with van der Waals surface area (Å²) in [7, 11) is 1.81. The van der Waals surface area contributed by atoms with E-state index in [4.69, 9.17) is 4.74 Å². The third-order valence-electron chi connectivity index (χ3n) is 3.58. The molecule has 2 N–H and O–H groups in total. The van der Waals surface area contributed by atoms with Gasteiger partial charge in [-0.2, -0.15) is 0 Å². The van der Waals surface area contributed by atoms with Gasteiger partial charge in [-0.3, -0.25) is 4.99 Å². The Morgan fingerprint density at radius 2 is 2.00 bits per heavy atom. The Morgan fingerprint density at radius 3 is 2.60 bits per heavy atom. The van der Waals surface area contributed by atoms with E-state index in [9.17, 15) is 0 Å². The molecule has 20 heavy (non-hydrogen) atoms. The van der Waals surface area contributed by atoms with Gasteiger partial charge in [-0.05, 0) is 18.4 Å². The molecule has 0 amide bonds. The number of ether oxygens (including phenoxy) is 1. The summed E-state index contributed by atoms with van der Waals surface area (Å²) in [6.45, 7) is 5.75. The highest BCUT2D eigenvalue weighted by Crippen LogP contribution is 2.24. The Kier molecular flexibility index (Phi) is 5.41. The molecule has 0 spiro atoms. The van der Waals surface area contributed by atoms with Crippen LogP contribution in [0.1, 0.15) is 18.9 Å². The summed E-state index contributed by atoms with van der Waals surface area (Å²) < 4.78 is 5.25. The first-order chi connectivity index (χ1) is 9.72. The number of guanidine groups is 1. The van der Waals surface area contributed by atoms with Crippen LogP contribution in [0.25, 0.3) is 0 Å². The smallest absolute Gasteiger partial charge is 0.190 e. The Morgan fingerprint density at radius 1 is 1.25 bits per heavy atom. The Labute approximate surface area is 121 Å². The van der Waals surface area contributed by atoms with Crippen molar-refractivity contribution in [2.45, 2.75) is 19.8 Å². The van der Waals surface area contributed by atoms with Gasteiger partial charge < -0.3 is 15.4 Å².